The lowest BCUT2D eigenvalue weighted by atomic mass is 10.2. The first-order valence-electron chi connectivity index (χ1n) is 8.04. The molecule has 3 rings (SSSR count). The predicted molar refractivity (Wildman–Crippen MR) is 100 cm³/mol. The van der Waals surface area contributed by atoms with E-state index in [0.29, 0.717) is 29.0 Å². The van der Waals surface area contributed by atoms with E-state index in [-0.39, 0.29) is 18.3 Å². The number of halogens is 2. The molecule has 140 valence electrons. The Hall–Kier alpha value is -3.20. The van der Waals surface area contributed by atoms with Gasteiger partial charge in [0.25, 0.3) is 0 Å². The van der Waals surface area contributed by atoms with Crippen LogP contribution < -0.4 is 16.0 Å². The van der Waals surface area contributed by atoms with Crippen molar-refractivity contribution in [3.8, 4) is 0 Å². The summed E-state index contributed by atoms with van der Waals surface area (Å²) in [5, 5.41) is 13.0. The minimum atomic E-state index is -0.306. The van der Waals surface area contributed by atoms with E-state index < -0.39 is 0 Å². The molecule has 27 heavy (non-hydrogen) atoms. The van der Waals surface area contributed by atoms with E-state index in [2.05, 4.69) is 31.0 Å². The first kappa shape index (κ1) is 18.6. The van der Waals surface area contributed by atoms with Crippen LogP contribution in [-0.4, -0.2) is 32.7 Å². The molecule has 0 aliphatic carbocycles. The van der Waals surface area contributed by atoms with E-state index >= 15 is 0 Å². The number of benzene rings is 1. The van der Waals surface area contributed by atoms with E-state index in [1.807, 2.05) is 0 Å². The van der Waals surface area contributed by atoms with Crippen LogP contribution >= 0.6 is 11.6 Å². The van der Waals surface area contributed by atoms with Gasteiger partial charge in [-0.2, -0.15) is 10.1 Å². The van der Waals surface area contributed by atoms with Crippen molar-refractivity contribution < 1.29 is 9.18 Å². The summed E-state index contributed by atoms with van der Waals surface area (Å²) in [6.45, 7) is 0.470. The number of carbonyl (C=O) groups excluding carboxylic acids is 1. The standard InChI is InChI=1S/C17H17ClFN7O/c1-20-15(27)10-26-9-13(7-23-26)24-17-22-8-14(18)16(25-17)21-6-11-3-2-4-12(19)5-11/h2-5,7-9H,6,10H2,1H3,(H,20,27)(H2,21,22,24,25). The van der Waals surface area contributed by atoms with Crippen molar-refractivity contribution in [1.82, 2.24) is 25.1 Å². The normalized spacial score (nSPS) is 10.5. The smallest absolute Gasteiger partial charge is 0.241 e. The molecular weight excluding hydrogens is 373 g/mol. The Morgan fingerprint density at radius 1 is 1.33 bits per heavy atom. The van der Waals surface area contributed by atoms with Gasteiger partial charge in [-0.15, -0.1) is 0 Å². The van der Waals surface area contributed by atoms with Crippen molar-refractivity contribution in [1.29, 1.82) is 0 Å². The number of hydrogen-bond donors (Lipinski definition) is 3. The Kier molecular flexibility index (Phi) is 5.82. The van der Waals surface area contributed by atoms with Gasteiger partial charge in [-0.3, -0.25) is 9.48 Å². The second kappa shape index (κ2) is 8.45. The van der Waals surface area contributed by atoms with Crippen LogP contribution in [0.15, 0.2) is 42.9 Å². The van der Waals surface area contributed by atoms with E-state index in [0.717, 1.165) is 5.56 Å². The van der Waals surface area contributed by atoms with Gasteiger partial charge in [0, 0.05) is 19.8 Å². The molecular formula is C17H17ClFN7O. The highest BCUT2D eigenvalue weighted by Gasteiger charge is 2.08. The topological polar surface area (TPSA) is 96.8 Å². The number of aromatic nitrogens is 4. The number of anilines is 3. The van der Waals surface area contributed by atoms with Crippen LogP contribution in [0.5, 0.6) is 0 Å². The minimum Gasteiger partial charge on any atom is -0.365 e. The Morgan fingerprint density at radius 3 is 2.96 bits per heavy atom. The third-order valence-electron chi connectivity index (χ3n) is 3.57. The molecule has 1 amide bonds. The quantitative estimate of drug-likeness (QED) is 0.574. The largest absolute Gasteiger partial charge is 0.365 e. The zero-order valence-electron chi connectivity index (χ0n) is 14.4. The van der Waals surface area contributed by atoms with Crippen molar-refractivity contribution in [3.63, 3.8) is 0 Å². The van der Waals surface area contributed by atoms with Crippen LogP contribution in [-0.2, 0) is 17.9 Å². The average Bonchev–Trinajstić information content (AvgIpc) is 3.09. The van der Waals surface area contributed by atoms with E-state index in [1.54, 1.807) is 31.6 Å². The molecule has 0 bridgehead atoms. The fourth-order valence-electron chi connectivity index (χ4n) is 2.25. The van der Waals surface area contributed by atoms with Gasteiger partial charge < -0.3 is 16.0 Å². The summed E-state index contributed by atoms with van der Waals surface area (Å²) >= 11 is 6.12. The Morgan fingerprint density at radius 2 is 2.19 bits per heavy atom. The van der Waals surface area contributed by atoms with Gasteiger partial charge in [0.2, 0.25) is 11.9 Å². The van der Waals surface area contributed by atoms with Crippen molar-refractivity contribution >= 4 is 35.0 Å². The van der Waals surface area contributed by atoms with Gasteiger partial charge in [-0.25, -0.2) is 9.37 Å². The number of rotatable bonds is 7. The highest BCUT2D eigenvalue weighted by atomic mass is 35.5. The van der Waals surface area contributed by atoms with Gasteiger partial charge in [0.15, 0.2) is 5.82 Å². The molecule has 0 spiro atoms. The fraction of sp³-hybridized carbons (Fsp3) is 0.176. The Bertz CT molecular complexity index is 947. The van der Waals surface area contributed by atoms with Crippen LogP contribution in [0, 0.1) is 5.82 Å². The Labute approximate surface area is 159 Å². The fourth-order valence-corrected chi connectivity index (χ4v) is 2.41. The molecule has 3 aromatic rings. The van der Waals surface area contributed by atoms with Crippen molar-refractivity contribution in [3.05, 3.63) is 59.3 Å². The zero-order chi connectivity index (χ0) is 19.2. The maximum absolute atomic E-state index is 13.3. The third kappa shape index (κ3) is 5.14. The number of likely N-dealkylation sites (N-methyl/N-ethyl adjacent to an activating group) is 1. The van der Waals surface area contributed by atoms with Crippen molar-refractivity contribution in [2.24, 2.45) is 0 Å². The summed E-state index contributed by atoms with van der Waals surface area (Å²) in [5.74, 6) is 0.257. The summed E-state index contributed by atoms with van der Waals surface area (Å²) < 4.78 is 14.7. The number of nitrogens with zero attached hydrogens (tertiary/aromatic N) is 4. The lowest BCUT2D eigenvalue weighted by molar-refractivity contribution is -0.121. The molecule has 2 aromatic heterocycles. The average molecular weight is 390 g/mol. The molecule has 0 aliphatic heterocycles. The number of carbonyl (C=O) groups is 1. The van der Waals surface area contributed by atoms with Gasteiger partial charge in [0.1, 0.15) is 17.4 Å². The molecule has 2 heterocycles. The van der Waals surface area contributed by atoms with Crippen LogP contribution in [0.4, 0.5) is 21.8 Å². The summed E-state index contributed by atoms with van der Waals surface area (Å²) in [7, 11) is 1.56. The molecule has 0 saturated heterocycles. The van der Waals surface area contributed by atoms with E-state index in [1.165, 1.54) is 23.0 Å². The van der Waals surface area contributed by atoms with Gasteiger partial charge in [-0.1, -0.05) is 23.7 Å². The molecule has 3 N–H and O–H groups in total. The SMILES string of the molecule is CNC(=O)Cn1cc(Nc2ncc(Cl)c(NCc3cccc(F)c3)n2)cn1. The molecule has 10 heteroatoms. The van der Waals surface area contributed by atoms with Crippen LogP contribution in [0.25, 0.3) is 0 Å². The second-order valence-electron chi connectivity index (χ2n) is 5.60. The van der Waals surface area contributed by atoms with Crippen LogP contribution in [0.3, 0.4) is 0 Å². The number of amides is 1. The van der Waals surface area contributed by atoms with Crippen LogP contribution in [0.2, 0.25) is 5.02 Å². The van der Waals surface area contributed by atoms with E-state index in [9.17, 15) is 9.18 Å². The first-order chi connectivity index (χ1) is 13.0. The zero-order valence-corrected chi connectivity index (χ0v) is 15.2. The lowest BCUT2D eigenvalue weighted by Gasteiger charge is -2.09. The molecule has 8 nitrogen and oxygen atoms in total. The molecule has 1 aromatic carbocycles. The maximum atomic E-state index is 13.3. The van der Waals surface area contributed by atoms with Crippen LogP contribution in [0.1, 0.15) is 5.56 Å². The summed E-state index contributed by atoms with van der Waals surface area (Å²) in [6.07, 6.45) is 4.67. The maximum Gasteiger partial charge on any atom is 0.241 e. The summed E-state index contributed by atoms with van der Waals surface area (Å²) in [6, 6.07) is 6.25. The highest BCUT2D eigenvalue weighted by Crippen LogP contribution is 2.22. The predicted octanol–water partition coefficient (Wildman–Crippen LogP) is 2.57. The van der Waals surface area contributed by atoms with E-state index in [4.69, 9.17) is 11.6 Å². The molecule has 0 radical (unpaired) electrons. The summed E-state index contributed by atoms with van der Waals surface area (Å²) in [5.41, 5.74) is 1.38. The molecule has 0 saturated carbocycles. The number of nitrogens with one attached hydrogen (secondary N) is 3. The van der Waals surface area contributed by atoms with Crippen molar-refractivity contribution in [2.75, 3.05) is 17.7 Å². The third-order valence-corrected chi connectivity index (χ3v) is 3.84. The summed E-state index contributed by atoms with van der Waals surface area (Å²) in [4.78, 5) is 19.8. The molecule has 0 atom stereocenters. The first-order valence-corrected chi connectivity index (χ1v) is 8.42. The second-order valence-corrected chi connectivity index (χ2v) is 6.01. The number of hydrogen-bond acceptors (Lipinski definition) is 6. The molecule has 0 fully saturated rings. The molecule has 0 aliphatic rings. The van der Waals surface area contributed by atoms with Gasteiger partial charge in [0.05, 0.1) is 18.1 Å². The highest BCUT2D eigenvalue weighted by molar-refractivity contribution is 6.32. The van der Waals surface area contributed by atoms with Crippen molar-refractivity contribution in [2.45, 2.75) is 13.1 Å². The van der Waals surface area contributed by atoms with Gasteiger partial charge in [-0.05, 0) is 17.7 Å². The monoisotopic (exact) mass is 389 g/mol. The minimum absolute atomic E-state index is 0.111. The Balaban J connectivity index is 1.67. The molecule has 0 unspecified atom stereocenters. The lowest BCUT2D eigenvalue weighted by Crippen LogP contribution is -2.23. The van der Waals surface area contributed by atoms with Gasteiger partial charge >= 0.3 is 0 Å².